The number of hydrogen-bond donors (Lipinski definition) is 3. The molecule has 0 aromatic heterocycles. The van der Waals surface area contributed by atoms with Crippen LogP contribution >= 0.6 is 50.9 Å². The molecule has 0 unspecified atom stereocenters. The third-order valence-electron chi connectivity index (χ3n) is 1.29. The van der Waals surface area contributed by atoms with Gasteiger partial charge >= 0.3 is 5.97 Å². The van der Waals surface area contributed by atoms with Gasteiger partial charge in [-0.15, -0.1) is 50.9 Å². The van der Waals surface area contributed by atoms with Crippen molar-refractivity contribution in [3.05, 3.63) is 0 Å². The summed E-state index contributed by atoms with van der Waals surface area (Å²) in [5, 5.41) is 8.33. The maximum atomic E-state index is 10.1. The van der Waals surface area contributed by atoms with Crippen molar-refractivity contribution < 1.29 is 9.90 Å². The van der Waals surface area contributed by atoms with Gasteiger partial charge in [-0.2, -0.15) is 0 Å². The minimum atomic E-state index is -0.933. The smallest absolute Gasteiger partial charge is 0.320 e. The second-order valence-corrected chi connectivity index (χ2v) is 2.23. The highest BCUT2D eigenvalue weighted by molar-refractivity contribution is 8.93. The molecule has 0 rings (SSSR count). The Morgan fingerprint density at radius 3 is 2.00 bits per heavy atom. The van der Waals surface area contributed by atoms with Gasteiger partial charge in [0.15, 0.2) is 0 Å². The number of nitrogens with two attached hydrogens (primary N) is 2. The van der Waals surface area contributed by atoms with Crippen LogP contribution in [0.15, 0.2) is 0 Å². The Bertz CT molecular complexity index is 116. The summed E-state index contributed by atoms with van der Waals surface area (Å²) in [6, 6.07) is -0.716. The van der Waals surface area contributed by atoms with Gasteiger partial charge in [0.2, 0.25) is 0 Å². The molecule has 0 amide bonds. The van der Waals surface area contributed by atoms with Crippen LogP contribution in [0.2, 0.25) is 0 Å². The summed E-state index contributed by atoms with van der Waals surface area (Å²) in [5.41, 5.74) is 10.4. The summed E-state index contributed by atoms with van der Waals surface area (Å²) in [4.78, 5) is 10.1. The maximum Gasteiger partial charge on any atom is 0.320 e. The molecule has 0 fully saturated rings. The SMILES string of the molecule is Br.Br.Br.NCCCC[C@@H](N)C(=O)O. The number of rotatable bonds is 5. The minimum Gasteiger partial charge on any atom is -0.480 e. The number of carbonyl (C=O) groups is 1. The fourth-order valence-corrected chi connectivity index (χ4v) is 0.632. The molecule has 1 atom stereocenters. The Labute approximate surface area is 110 Å². The molecule has 5 N–H and O–H groups in total. The molecule has 0 heterocycles. The molecule has 0 bridgehead atoms. The summed E-state index contributed by atoms with van der Waals surface area (Å²) < 4.78 is 0. The van der Waals surface area contributed by atoms with Crippen LogP contribution in [0.3, 0.4) is 0 Å². The van der Waals surface area contributed by atoms with Crippen molar-refractivity contribution in [1.29, 1.82) is 0 Å². The molecule has 7 heteroatoms. The van der Waals surface area contributed by atoms with Crippen LogP contribution in [0.25, 0.3) is 0 Å². The van der Waals surface area contributed by atoms with Gasteiger partial charge in [0.05, 0.1) is 0 Å². The van der Waals surface area contributed by atoms with Gasteiger partial charge in [0, 0.05) is 0 Å². The first-order valence-electron chi connectivity index (χ1n) is 3.37. The predicted molar refractivity (Wildman–Crippen MR) is 69.5 cm³/mol. The molecule has 0 spiro atoms. The van der Waals surface area contributed by atoms with Crippen LogP contribution < -0.4 is 11.5 Å². The molecule has 0 aromatic rings. The van der Waals surface area contributed by atoms with Crippen molar-refractivity contribution in [3.63, 3.8) is 0 Å². The third-order valence-corrected chi connectivity index (χ3v) is 1.29. The minimum absolute atomic E-state index is 0. The molecular formula is C6H17Br3N2O2. The molecule has 0 saturated heterocycles. The zero-order valence-corrected chi connectivity index (χ0v) is 12.3. The van der Waals surface area contributed by atoms with Crippen molar-refractivity contribution in [2.75, 3.05) is 6.54 Å². The van der Waals surface area contributed by atoms with Gasteiger partial charge in [-0.1, -0.05) is 6.42 Å². The average molecular weight is 389 g/mol. The predicted octanol–water partition coefficient (Wildman–Crippen LogP) is 1.26. The zero-order chi connectivity index (χ0) is 7.98. The van der Waals surface area contributed by atoms with Crippen LogP contribution in [-0.2, 0) is 4.79 Å². The molecular weight excluding hydrogens is 372 g/mol. The first-order valence-corrected chi connectivity index (χ1v) is 3.37. The largest absolute Gasteiger partial charge is 0.480 e. The van der Waals surface area contributed by atoms with Crippen molar-refractivity contribution in [2.24, 2.45) is 11.5 Å². The molecule has 0 aromatic carbocycles. The monoisotopic (exact) mass is 386 g/mol. The Morgan fingerprint density at radius 1 is 1.23 bits per heavy atom. The van der Waals surface area contributed by atoms with E-state index in [1.807, 2.05) is 0 Å². The van der Waals surface area contributed by atoms with Crippen LogP contribution in [-0.4, -0.2) is 23.7 Å². The Morgan fingerprint density at radius 2 is 1.69 bits per heavy atom. The van der Waals surface area contributed by atoms with Crippen molar-refractivity contribution in [2.45, 2.75) is 25.3 Å². The fraction of sp³-hybridized carbons (Fsp3) is 0.833. The highest BCUT2D eigenvalue weighted by Crippen LogP contribution is 1.96. The van der Waals surface area contributed by atoms with E-state index in [2.05, 4.69) is 0 Å². The molecule has 84 valence electrons. The second-order valence-electron chi connectivity index (χ2n) is 2.23. The van der Waals surface area contributed by atoms with Gasteiger partial charge < -0.3 is 16.6 Å². The summed E-state index contributed by atoms with van der Waals surface area (Å²) in [6.07, 6.45) is 2.16. The highest BCUT2D eigenvalue weighted by Gasteiger charge is 2.09. The molecule has 0 radical (unpaired) electrons. The molecule has 13 heavy (non-hydrogen) atoms. The molecule has 0 aliphatic rings. The van der Waals surface area contributed by atoms with Gasteiger partial charge in [-0.3, -0.25) is 4.79 Å². The Balaban J connectivity index is -0.000000135. The quantitative estimate of drug-likeness (QED) is 0.618. The van der Waals surface area contributed by atoms with Crippen LogP contribution in [0.5, 0.6) is 0 Å². The molecule has 4 nitrogen and oxygen atoms in total. The zero-order valence-electron chi connectivity index (χ0n) is 7.14. The lowest BCUT2D eigenvalue weighted by Gasteiger charge is -2.03. The van der Waals surface area contributed by atoms with Crippen molar-refractivity contribution >= 4 is 56.9 Å². The summed E-state index contributed by atoms with van der Waals surface area (Å²) in [6.45, 7) is 0.604. The van der Waals surface area contributed by atoms with Crippen molar-refractivity contribution in [3.8, 4) is 0 Å². The summed E-state index contributed by atoms with van der Waals surface area (Å²) >= 11 is 0. The van der Waals surface area contributed by atoms with E-state index < -0.39 is 12.0 Å². The lowest BCUT2D eigenvalue weighted by atomic mass is 10.1. The van der Waals surface area contributed by atoms with Gasteiger partial charge in [0.25, 0.3) is 0 Å². The number of aliphatic carboxylic acids is 1. The van der Waals surface area contributed by atoms with E-state index in [1.54, 1.807) is 0 Å². The van der Waals surface area contributed by atoms with Gasteiger partial charge in [0.1, 0.15) is 6.04 Å². The van der Waals surface area contributed by atoms with E-state index in [1.165, 1.54) is 0 Å². The van der Waals surface area contributed by atoms with E-state index in [-0.39, 0.29) is 50.9 Å². The number of hydrogen-bond acceptors (Lipinski definition) is 3. The fourth-order valence-electron chi connectivity index (χ4n) is 0.632. The normalized spacial score (nSPS) is 10.0. The second kappa shape index (κ2) is 15.3. The van der Waals surface area contributed by atoms with E-state index >= 15 is 0 Å². The average Bonchev–Trinajstić information content (AvgIpc) is 1.88. The molecule has 0 aliphatic carbocycles. The van der Waals surface area contributed by atoms with Gasteiger partial charge in [-0.05, 0) is 19.4 Å². The van der Waals surface area contributed by atoms with E-state index in [0.29, 0.717) is 13.0 Å². The van der Waals surface area contributed by atoms with Crippen molar-refractivity contribution in [1.82, 2.24) is 0 Å². The molecule has 0 aliphatic heterocycles. The van der Waals surface area contributed by atoms with Crippen LogP contribution in [0.1, 0.15) is 19.3 Å². The van der Waals surface area contributed by atoms with Crippen LogP contribution in [0.4, 0.5) is 0 Å². The standard InChI is InChI=1S/C6H14N2O2.3BrH/c7-4-2-1-3-5(8)6(9)10;;;/h5H,1-4,7-8H2,(H,9,10);3*1H/t5-;;;/m1.../s1. The lowest BCUT2D eigenvalue weighted by Crippen LogP contribution is -2.29. The summed E-state index contributed by atoms with van der Waals surface area (Å²) in [7, 11) is 0. The lowest BCUT2D eigenvalue weighted by molar-refractivity contribution is -0.138. The van der Waals surface area contributed by atoms with E-state index in [9.17, 15) is 4.79 Å². The van der Waals surface area contributed by atoms with E-state index in [4.69, 9.17) is 16.6 Å². The highest BCUT2D eigenvalue weighted by atomic mass is 79.9. The number of unbranched alkanes of at least 4 members (excludes halogenated alkanes) is 1. The number of carboxylic acid groups (broad SMARTS) is 1. The van der Waals surface area contributed by atoms with Gasteiger partial charge in [-0.25, -0.2) is 0 Å². The first-order chi connectivity index (χ1) is 4.68. The topological polar surface area (TPSA) is 89.3 Å². The van der Waals surface area contributed by atoms with Crippen LogP contribution in [0, 0.1) is 0 Å². The van der Waals surface area contributed by atoms with E-state index in [0.717, 1.165) is 12.8 Å². The maximum absolute atomic E-state index is 10.1. The Kier molecular flexibility index (Phi) is 27.7. The first kappa shape index (κ1) is 23.6. The molecule has 0 saturated carbocycles. The third kappa shape index (κ3) is 15.6. The number of carboxylic acids is 1. The Hall–Kier alpha value is 0.830. The summed E-state index contributed by atoms with van der Waals surface area (Å²) in [5.74, 6) is -0.933. The number of halogens is 3.